The summed E-state index contributed by atoms with van der Waals surface area (Å²) in [6.45, 7) is 4.15. The number of para-hydroxylation sites is 1. The molecule has 0 N–H and O–H groups in total. The second-order valence-electron chi connectivity index (χ2n) is 6.88. The fraction of sp³-hybridized carbons (Fsp3) is 0.300. The standard InChI is InChI=1S/C20H22N6O3S/c1-15(2)19-20(30(27,28)29-17-8-4-3-5-9-17)26(14-16-7-6-11-22-13-16)18(24-19)10-12-23-25-21/h3-9,11,13,15H,10,12,14H2,1-2H3. The zero-order valence-corrected chi connectivity index (χ0v) is 17.5. The first-order valence-electron chi connectivity index (χ1n) is 9.41. The van der Waals surface area contributed by atoms with Gasteiger partial charge in [-0.1, -0.05) is 43.2 Å². The van der Waals surface area contributed by atoms with Crippen LogP contribution in [0.4, 0.5) is 0 Å². The van der Waals surface area contributed by atoms with Crippen LogP contribution in [-0.2, 0) is 23.1 Å². The Morgan fingerprint density at radius 3 is 2.60 bits per heavy atom. The molecule has 2 aromatic heterocycles. The van der Waals surface area contributed by atoms with Crippen LogP contribution in [0.5, 0.6) is 5.75 Å². The van der Waals surface area contributed by atoms with Crippen molar-refractivity contribution in [3.8, 4) is 5.75 Å². The quantitative estimate of drug-likeness (QED) is 0.221. The molecule has 0 aliphatic carbocycles. The first-order valence-corrected chi connectivity index (χ1v) is 10.8. The minimum absolute atomic E-state index is 0.00106. The van der Waals surface area contributed by atoms with Crippen LogP contribution in [-0.4, -0.2) is 29.5 Å². The van der Waals surface area contributed by atoms with Crippen LogP contribution < -0.4 is 4.18 Å². The number of nitrogens with zero attached hydrogens (tertiary/aromatic N) is 6. The number of aromatic nitrogens is 3. The number of rotatable bonds is 9. The fourth-order valence-electron chi connectivity index (χ4n) is 3.01. The summed E-state index contributed by atoms with van der Waals surface area (Å²) in [5.74, 6) is 0.560. The van der Waals surface area contributed by atoms with Crippen LogP contribution in [0.25, 0.3) is 10.4 Å². The largest absolute Gasteiger partial charge is 0.378 e. The van der Waals surface area contributed by atoms with Gasteiger partial charge in [0.2, 0.25) is 0 Å². The molecule has 0 radical (unpaired) electrons. The smallest absolute Gasteiger partial charge is 0.357 e. The molecule has 3 aromatic rings. The summed E-state index contributed by atoms with van der Waals surface area (Å²) >= 11 is 0. The molecule has 0 spiro atoms. The van der Waals surface area contributed by atoms with Crippen molar-refractivity contribution < 1.29 is 12.6 Å². The van der Waals surface area contributed by atoms with Crippen molar-refractivity contribution in [1.29, 1.82) is 0 Å². The molecule has 30 heavy (non-hydrogen) atoms. The zero-order valence-electron chi connectivity index (χ0n) is 16.7. The van der Waals surface area contributed by atoms with Gasteiger partial charge in [0.1, 0.15) is 11.6 Å². The van der Waals surface area contributed by atoms with E-state index in [0.717, 1.165) is 5.56 Å². The topological polar surface area (TPSA) is 123 Å². The molecule has 0 bridgehead atoms. The Bertz CT molecular complexity index is 1140. The highest BCUT2D eigenvalue weighted by molar-refractivity contribution is 7.87. The molecule has 0 unspecified atom stereocenters. The van der Waals surface area contributed by atoms with Crippen LogP contribution >= 0.6 is 0 Å². The number of benzene rings is 1. The van der Waals surface area contributed by atoms with Gasteiger partial charge in [0.05, 0.1) is 12.2 Å². The van der Waals surface area contributed by atoms with Gasteiger partial charge in [-0.25, -0.2) is 4.98 Å². The summed E-state index contributed by atoms with van der Waals surface area (Å²) < 4.78 is 33.6. The van der Waals surface area contributed by atoms with Crippen molar-refractivity contribution in [2.45, 2.75) is 37.8 Å². The van der Waals surface area contributed by atoms with Crippen LogP contribution in [0.3, 0.4) is 0 Å². The van der Waals surface area contributed by atoms with E-state index in [1.807, 2.05) is 19.9 Å². The molecular weight excluding hydrogens is 404 g/mol. The van der Waals surface area contributed by atoms with Gasteiger partial charge in [-0.2, -0.15) is 8.42 Å². The molecule has 0 atom stereocenters. The Morgan fingerprint density at radius 1 is 1.20 bits per heavy atom. The molecule has 2 heterocycles. The maximum absolute atomic E-state index is 13.3. The SMILES string of the molecule is CC(C)c1nc(CCN=[N+]=[N-])n(Cc2cccnc2)c1S(=O)(=O)Oc1ccccc1. The Morgan fingerprint density at radius 2 is 1.97 bits per heavy atom. The van der Waals surface area contributed by atoms with Gasteiger partial charge in [0.15, 0.2) is 5.03 Å². The van der Waals surface area contributed by atoms with Gasteiger partial charge in [-0.3, -0.25) is 4.98 Å². The number of pyridine rings is 1. The van der Waals surface area contributed by atoms with E-state index in [9.17, 15) is 8.42 Å². The summed E-state index contributed by atoms with van der Waals surface area (Å²) in [4.78, 5) is 11.5. The minimum atomic E-state index is -4.17. The number of hydrogen-bond acceptors (Lipinski definition) is 6. The van der Waals surface area contributed by atoms with Crippen molar-refractivity contribution in [2.24, 2.45) is 5.11 Å². The highest BCUT2D eigenvalue weighted by atomic mass is 32.2. The van der Waals surface area contributed by atoms with E-state index in [1.54, 1.807) is 53.4 Å². The number of imidazole rings is 1. The minimum Gasteiger partial charge on any atom is -0.378 e. The van der Waals surface area contributed by atoms with Gasteiger partial charge in [-0.05, 0) is 35.2 Å². The van der Waals surface area contributed by atoms with Crippen LogP contribution in [0.1, 0.15) is 36.8 Å². The van der Waals surface area contributed by atoms with Crippen molar-refractivity contribution >= 4 is 10.1 Å². The van der Waals surface area contributed by atoms with Gasteiger partial charge in [0.25, 0.3) is 0 Å². The predicted octanol–water partition coefficient (Wildman–Crippen LogP) is 4.07. The highest BCUT2D eigenvalue weighted by Crippen LogP contribution is 2.29. The lowest BCUT2D eigenvalue weighted by atomic mass is 10.1. The number of azide groups is 1. The lowest BCUT2D eigenvalue weighted by Gasteiger charge is -2.14. The van der Waals surface area contributed by atoms with Crippen LogP contribution in [0.2, 0.25) is 0 Å². The first-order chi connectivity index (χ1) is 14.4. The van der Waals surface area contributed by atoms with Crippen LogP contribution in [0, 0.1) is 0 Å². The molecule has 156 valence electrons. The number of hydrogen-bond donors (Lipinski definition) is 0. The molecule has 0 saturated carbocycles. The third-order valence-electron chi connectivity index (χ3n) is 4.32. The third-order valence-corrected chi connectivity index (χ3v) is 5.64. The molecule has 9 nitrogen and oxygen atoms in total. The lowest BCUT2D eigenvalue weighted by molar-refractivity contribution is 0.471. The van der Waals surface area contributed by atoms with E-state index in [1.165, 1.54) is 0 Å². The summed E-state index contributed by atoms with van der Waals surface area (Å²) in [6.07, 6.45) is 3.61. The van der Waals surface area contributed by atoms with E-state index in [2.05, 4.69) is 20.0 Å². The van der Waals surface area contributed by atoms with Crippen molar-refractivity contribution in [3.63, 3.8) is 0 Å². The molecule has 10 heteroatoms. The molecule has 0 fully saturated rings. The molecule has 0 aliphatic heterocycles. The fourth-order valence-corrected chi connectivity index (χ4v) is 4.43. The van der Waals surface area contributed by atoms with Gasteiger partial charge in [0, 0.05) is 30.3 Å². The van der Waals surface area contributed by atoms with Gasteiger partial charge >= 0.3 is 10.1 Å². The highest BCUT2D eigenvalue weighted by Gasteiger charge is 2.31. The molecule has 0 aliphatic rings. The molecule has 1 aromatic carbocycles. The molecule has 3 rings (SSSR count). The van der Waals surface area contributed by atoms with E-state index < -0.39 is 10.1 Å². The Kier molecular flexibility index (Phi) is 6.71. The molecule has 0 amide bonds. The second-order valence-corrected chi connectivity index (χ2v) is 8.34. The summed E-state index contributed by atoms with van der Waals surface area (Å²) in [7, 11) is -4.17. The van der Waals surface area contributed by atoms with Crippen molar-refractivity contribution in [3.05, 3.63) is 82.4 Å². The predicted molar refractivity (Wildman–Crippen MR) is 112 cm³/mol. The summed E-state index contributed by atoms with van der Waals surface area (Å²) in [6, 6.07) is 12.0. The maximum Gasteiger partial charge on any atom is 0.357 e. The van der Waals surface area contributed by atoms with Crippen LogP contribution in [0.15, 0.2) is 65.0 Å². The Hall–Kier alpha value is -3.36. The van der Waals surface area contributed by atoms with Gasteiger partial charge in [-0.15, -0.1) is 0 Å². The maximum atomic E-state index is 13.3. The van der Waals surface area contributed by atoms with E-state index in [-0.39, 0.29) is 29.8 Å². The monoisotopic (exact) mass is 426 g/mol. The Labute approximate surface area is 175 Å². The van der Waals surface area contributed by atoms with E-state index in [0.29, 0.717) is 17.9 Å². The molecule has 0 saturated heterocycles. The first kappa shape index (κ1) is 21.4. The average Bonchev–Trinajstić information content (AvgIpc) is 3.09. The van der Waals surface area contributed by atoms with Gasteiger partial charge < -0.3 is 8.75 Å². The second kappa shape index (κ2) is 9.43. The average molecular weight is 427 g/mol. The molecular formula is C20H22N6O3S. The Balaban J connectivity index is 2.13. The third kappa shape index (κ3) is 4.97. The van der Waals surface area contributed by atoms with Crippen molar-refractivity contribution in [1.82, 2.24) is 14.5 Å². The van der Waals surface area contributed by atoms with E-state index in [4.69, 9.17) is 9.71 Å². The normalized spacial score (nSPS) is 11.3. The van der Waals surface area contributed by atoms with Crippen molar-refractivity contribution in [2.75, 3.05) is 6.54 Å². The lowest BCUT2D eigenvalue weighted by Crippen LogP contribution is -2.19. The summed E-state index contributed by atoms with van der Waals surface area (Å²) in [5.41, 5.74) is 9.82. The zero-order chi connectivity index (χ0) is 21.6. The summed E-state index contributed by atoms with van der Waals surface area (Å²) in [5, 5.41) is 3.56. The van der Waals surface area contributed by atoms with E-state index >= 15 is 0 Å².